The van der Waals surface area contributed by atoms with Gasteiger partial charge in [0.1, 0.15) is 17.2 Å². The number of fused-ring (bicyclic) bond motifs is 1. The third-order valence-corrected chi connectivity index (χ3v) is 6.11. The molecule has 2 aliphatic heterocycles. The van der Waals surface area contributed by atoms with Gasteiger partial charge in [0.2, 0.25) is 0 Å². The van der Waals surface area contributed by atoms with Crippen LogP contribution in [0.3, 0.4) is 0 Å². The van der Waals surface area contributed by atoms with Crippen LogP contribution in [0, 0.1) is 11.6 Å². The molecule has 0 saturated heterocycles. The summed E-state index contributed by atoms with van der Waals surface area (Å²) in [5, 5.41) is 0. The number of aromatic nitrogens is 3. The molecule has 0 spiro atoms. The Hall–Kier alpha value is -4.84. The van der Waals surface area contributed by atoms with E-state index in [4.69, 9.17) is 4.74 Å². The molecule has 0 bridgehead atoms. The molecule has 4 aromatic rings. The Morgan fingerprint density at radius 3 is 2.08 bits per heavy atom. The zero-order valence-electron chi connectivity index (χ0n) is 19.7. The lowest BCUT2D eigenvalue weighted by Crippen LogP contribution is -2.00. The molecule has 2 aliphatic rings. The topological polar surface area (TPSA) is 39.9 Å². The maximum absolute atomic E-state index is 14.2. The van der Waals surface area contributed by atoms with Crippen LogP contribution in [-0.4, -0.2) is 14.5 Å². The minimum atomic E-state index is -0.941. The standard InChI is InChI=1S/C31H21F2N3O/c32-27-8-4-7-26(30(27)33)31-34-28-17-18-36(20-29(28)35-31)19-21-9-11-22(12-10-21)23-13-15-25(16-14-23)37-24-5-2-1-3-6-24/h1-18,20H,19H2. The van der Waals surface area contributed by atoms with Crippen LogP contribution in [0.2, 0.25) is 0 Å². The van der Waals surface area contributed by atoms with Crippen LogP contribution < -0.4 is 4.74 Å². The quantitative estimate of drug-likeness (QED) is 0.239. The smallest absolute Gasteiger partial charge is 0.169 e. The molecule has 0 unspecified atom stereocenters. The number of benzene rings is 4. The second-order valence-corrected chi connectivity index (χ2v) is 8.67. The summed E-state index contributed by atoms with van der Waals surface area (Å²) >= 11 is 0. The van der Waals surface area contributed by atoms with Gasteiger partial charge < -0.3 is 9.30 Å². The van der Waals surface area contributed by atoms with Gasteiger partial charge >= 0.3 is 0 Å². The van der Waals surface area contributed by atoms with Crippen LogP contribution in [0.4, 0.5) is 8.78 Å². The van der Waals surface area contributed by atoms with E-state index in [2.05, 4.69) is 34.2 Å². The highest BCUT2D eigenvalue weighted by Gasteiger charge is 2.17. The highest BCUT2D eigenvalue weighted by atomic mass is 19.2. The number of hydrogen-bond acceptors (Lipinski definition) is 3. The molecule has 0 N–H and O–H groups in total. The molecule has 0 atom stereocenters. The van der Waals surface area contributed by atoms with Gasteiger partial charge in [-0.15, -0.1) is 0 Å². The van der Waals surface area contributed by atoms with Crippen molar-refractivity contribution in [3.8, 4) is 45.4 Å². The Balaban J connectivity index is 1.16. The number of hydrogen-bond donors (Lipinski definition) is 0. The van der Waals surface area contributed by atoms with Crippen molar-refractivity contribution in [1.82, 2.24) is 14.5 Å². The van der Waals surface area contributed by atoms with Crippen LogP contribution in [0.5, 0.6) is 11.5 Å². The molecule has 4 aromatic carbocycles. The van der Waals surface area contributed by atoms with E-state index < -0.39 is 11.6 Å². The van der Waals surface area contributed by atoms with Gasteiger partial charge in [-0.2, -0.15) is 0 Å². The van der Waals surface area contributed by atoms with Crippen molar-refractivity contribution in [2.75, 3.05) is 0 Å². The van der Waals surface area contributed by atoms with E-state index in [9.17, 15) is 8.78 Å². The van der Waals surface area contributed by atoms with Gasteiger partial charge in [-0.05, 0) is 59.2 Å². The first-order valence-electron chi connectivity index (χ1n) is 11.8. The molecule has 37 heavy (non-hydrogen) atoms. The lowest BCUT2D eigenvalue weighted by molar-refractivity contribution is 0.483. The van der Waals surface area contributed by atoms with E-state index >= 15 is 0 Å². The predicted octanol–water partition coefficient (Wildman–Crippen LogP) is 7.84. The van der Waals surface area contributed by atoms with Crippen molar-refractivity contribution in [2.24, 2.45) is 0 Å². The van der Waals surface area contributed by atoms with Crippen LogP contribution in [0.15, 0.2) is 116 Å². The van der Waals surface area contributed by atoms with Crippen LogP contribution in [0.25, 0.3) is 33.9 Å². The highest BCUT2D eigenvalue weighted by molar-refractivity contribution is 5.66. The summed E-state index contributed by atoms with van der Waals surface area (Å²) in [6, 6.07) is 31.9. The van der Waals surface area contributed by atoms with Crippen molar-refractivity contribution in [3.63, 3.8) is 0 Å². The summed E-state index contributed by atoms with van der Waals surface area (Å²) < 4.78 is 35.7. The third kappa shape index (κ3) is 4.82. The average molecular weight is 490 g/mol. The Morgan fingerprint density at radius 1 is 0.649 bits per heavy atom. The maximum Gasteiger partial charge on any atom is 0.169 e. The van der Waals surface area contributed by atoms with Crippen LogP contribution >= 0.6 is 0 Å². The third-order valence-electron chi connectivity index (χ3n) is 6.11. The van der Waals surface area contributed by atoms with Gasteiger partial charge in [0.25, 0.3) is 0 Å². The van der Waals surface area contributed by atoms with Gasteiger partial charge in [0.05, 0.1) is 11.3 Å². The minimum Gasteiger partial charge on any atom is -0.457 e. The number of nitrogens with zero attached hydrogens (tertiary/aromatic N) is 3. The molecule has 0 aromatic heterocycles. The number of ether oxygens (including phenoxy) is 1. The first-order chi connectivity index (χ1) is 18.1. The zero-order chi connectivity index (χ0) is 25.2. The van der Waals surface area contributed by atoms with E-state index in [0.29, 0.717) is 17.9 Å². The fourth-order valence-corrected chi connectivity index (χ4v) is 4.20. The van der Waals surface area contributed by atoms with Crippen molar-refractivity contribution in [3.05, 3.63) is 133 Å². The molecule has 180 valence electrons. The first-order valence-corrected chi connectivity index (χ1v) is 11.8. The second kappa shape index (κ2) is 9.66. The Kier molecular flexibility index (Phi) is 5.91. The second-order valence-electron chi connectivity index (χ2n) is 8.67. The lowest BCUT2D eigenvalue weighted by atomic mass is 10.0. The average Bonchev–Trinajstić information content (AvgIpc) is 3.35. The summed E-state index contributed by atoms with van der Waals surface area (Å²) in [5.41, 5.74) is 4.64. The lowest BCUT2D eigenvalue weighted by Gasteiger charge is -2.10. The fraction of sp³-hybridized carbons (Fsp3) is 0.0323. The van der Waals surface area contributed by atoms with Gasteiger partial charge in [0, 0.05) is 18.9 Å². The monoisotopic (exact) mass is 489 g/mol. The zero-order valence-corrected chi connectivity index (χ0v) is 19.7. The van der Waals surface area contributed by atoms with E-state index in [1.807, 2.05) is 77.6 Å². The molecule has 0 radical (unpaired) electrons. The Morgan fingerprint density at radius 2 is 1.32 bits per heavy atom. The number of imidazole rings is 1. The highest BCUT2D eigenvalue weighted by Crippen LogP contribution is 2.28. The SMILES string of the molecule is Fc1cccc(-c2nc3ccn(Cc4ccc(-c5ccc(Oc6ccccc6)cc5)cc4)cc-3n2)c1F. The van der Waals surface area contributed by atoms with Gasteiger partial charge in [-0.1, -0.05) is 60.7 Å². The van der Waals surface area contributed by atoms with Crippen molar-refractivity contribution < 1.29 is 13.5 Å². The van der Waals surface area contributed by atoms with Crippen molar-refractivity contribution >= 4 is 0 Å². The fourth-order valence-electron chi connectivity index (χ4n) is 4.20. The Bertz CT molecular complexity index is 1630. The first kappa shape index (κ1) is 22.6. The molecular weight excluding hydrogens is 468 g/mol. The normalized spacial score (nSPS) is 11.1. The Labute approximate surface area is 212 Å². The molecule has 6 rings (SSSR count). The molecule has 0 saturated carbocycles. The van der Waals surface area contributed by atoms with E-state index in [-0.39, 0.29) is 11.4 Å². The summed E-state index contributed by atoms with van der Waals surface area (Å²) in [6.45, 7) is 0.636. The van der Waals surface area contributed by atoms with E-state index in [0.717, 1.165) is 34.3 Å². The summed E-state index contributed by atoms with van der Waals surface area (Å²) in [4.78, 5) is 8.79. The minimum absolute atomic E-state index is 0.0537. The summed E-state index contributed by atoms with van der Waals surface area (Å²) in [5.74, 6) is -0.0858. The molecule has 0 fully saturated rings. The number of rotatable bonds is 6. The summed E-state index contributed by atoms with van der Waals surface area (Å²) in [6.07, 6.45) is 3.77. The van der Waals surface area contributed by atoms with Gasteiger partial charge in [-0.25, -0.2) is 18.7 Å². The molecule has 0 amide bonds. The van der Waals surface area contributed by atoms with Crippen molar-refractivity contribution in [2.45, 2.75) is 6.54 Å². The number of halogens is 2. The molecule has 2 heterocycles. The predicted molar refractivity (Wildman–Crippen MR) is 139 cm³/mol. The molecule has 0 aliphatic carbocycles. The summed E-state index contributed by atoms with van der Waals surface area (Å²) in [7, 11) is 0. The van der Waals surface area contributed by atoms with Crippen molar-refractivity contribution in [1.29, 1.82) is 0 Å². The van der Waals surface area contributed by atoms with E-state index in [1.54, 1.807) is 0 Å². The molecular formula is C31H21F2N3O. The molecule has 6 heteroatoms. The molecule has 4 nitrogen and oxygen atoms in total. The largest absolute Gasteiger partial charge is 0.457 e. The number of para-hydroxylation sites is 1. The van der Waals surface area contributed by atoms with Gasteiger partial charge in [0.15, 0.2) is 17.5 Å². The van der Waals surface area contributed by atoms with Gasteiger partial charge in [-0.3, -0.25) is 0 Å². The van der Waals surface area contributed by atoms with E-state index in [1.165, 1.54) is 12.1 Å². The number of pyridine rings is 1. The van der Waals surface area contributed by atoms with Crippen LogP contribution in [-0.2, 0) is 6.54 Å². The maximum atomic E-state index is 14.2. The van der Waals surface area contributed by atoms with Crippen LogP contribution in [0.1, 0.15) is 5.56 Å².